The van der Waals surface area contributed by atoms with E-state index in [2.05, 4.69) is 20.8 Å². The summed E-state index contributed by atoms with van der Waals surface area (Å²) in [6.07, 6.45) is 2.97. The van der Waals surface area contributed by atoms with Crippen LogP contribution in [0.4, 0.5) is 5.82 Å². The van der Waals surface area contributed by atoms with Gasteiger partial charge in [-0.25, -0.2) is 9.97 Å². The van der Waals surface area contributed by atoms with Gasteiger partial charge in [-0.3, -0.25) is 20.4 Å². The summed E-state index contributed by atoms with van der Waals surface area (Å²) in [5.74, 6) is -0.413. The van der Waals surface area contributed by atoms with Gasteiger partial charge in [0.2, 0.25) is 5.91 Å². The van der Waals surface area contributed by atoms with Crippen molar-refractivity contribution in [1.82, 2.24) is 20.8 Å². The van der Waals surface area contributed by atoms with Crippen molar-refractivity contribution >= 4 is 29.4 Å². The first-order valence-corrected chi connectivity index (χ1v) is 6.99. The molecule has 0 bridgehead atoms. The Kier molecular flexibility index (Phi) is 5.10. The number of carbonyl (C=O) groups excluding carboxylic acids is 2. The van der Waals surface area contributed by atoms with Crippen LogP contribution in [0.2, 0.25) is 0 Å². The third-order valence-corrected chi connectivity index (χ3v) is 3.38. The Morgan fingerprint density at radius 3 is 2.52 bits per heavy atom. The number of hydrazine groups is 1. The topological polar surface area (TPSA) is 110 Å². The van der Waals surface area contributed by atoms with Gasteiger partial charge in [0, 0.05) is 18.0 Å². The van der Waals surface area contributed by atoms with Gasteiger partial charge in [0.1, 0.15) is 5.03 Å². The zero-order chi connectivity index (χ0) is 15.1. The highest BCUT2D eigenvalue weighted by molar-refractivity contribution is 8.00. The maximum atomic E-state index is 11.7. The predicted octanol–water partition coefficient (Wildman–Crippen LogP) is 0.612. The molecule has 4 N–H and O–H groups in total. The van der Waals surface area contributed by atoms with Crippen molar-refractivity contribution in [2.75, 3.05) is 11.5 Å². The summed E-state index contributed by atoms with van der Waals surface area (Å²) in [6.45, 7) is 0. The van der Waals surface area contributed by atoms with Gasteiger partial charge in [-0.2, -0.15) is 0 Å². The Balaban J connectivity index is 1.78. The van der Waals surface area contributed by atoms with Crippen LogP contribution >= 0.6 is 11.8 Å². The third-order valence-electron chi connectivity index (χ3n) is 2.38. The van der Waals surface area contributed by atoms with Gasteiger partial charge < -0.3 is 5.73 Å². The molecule has 2 rings (SSSR count). The minimum atomic E-state index is -0.382. The van der Waals surface area contributed by atoms with Gasteiger partial charge in [-0.1, -0.05) is 30.0 Å². The molecular weight excluding hydrogens is 290 g/mol. The second kappa shape index (κ2) is 7.25. The van der Waals surface area contributed by atoms with E-state index in [1.54, 1.807) is 30.3 Å². The third kappa shape index (κ3) is 4.46. The van der Waals surface area contributed by atoms with E-state index in [1.165, 1.54) is 12.4 Å². The van der Waals surface area contributed by atoms with Gasteiger partial charge in [-0.05, 0) is 12.1 Å². The minimum absolute atomic E-state index is 0.0674. The second-order valence-electron chi connectivity index (χ2n) is 3.90. The average Bonchev–Trinajstić information content (AvgIpc) is 2.52. The number of aromatic nitrogens is 2. The largest absolute Gasteiger partial charge is 0.381 e. The lowest BCUT2D eigenvalue weighted by Crippen LogP contribution is -2.42. The number of rotatable bonds is 4. The number of hydrogen-bond acceptors (Lipinski definition) is 6. The predicted molar refractivity (Wildman–Crippen MR) is 79.2 cm³/mol. The summed E-state index contributed by atoms with van der Waals surface area (Å²) in [5, 5.41) is 0.474. The molecule has 0 radical (unpaired) electrons. The van der Waals surface area contributed by atoms with Crippen LogP contribution in [0.3, 0.4) is 0 Å². The van der Waals surface area contributed by atoms with Gasteiger partial charge in [-0.15, -0.1) is 0 Å². The molecule has 0 fully saturated rings. The number of nitrogens with zero attached hydrogens (tertiary/aromatic N) is 2. The molecule has 0 aliphatic heterocycles. The van der Waals surface area contributed by atoms with Crippen LogP contribution in [0.5, 0.6) is 0 Å². The minimum Gasteiger partial charge on any atom is -0.381 e. The molecule has 21 heavy (non-hydrogen) atoms. The molecule has 0 saturated heterocycles. The van der Waals surface area contributed by atoms with Crippen molar-refractivity contribution in [2.45, 2.75) is 5.03 Å². The fraction of sp³-hybridized carbons (Fsp3) is 0.0769. The van der Waals surface area contributed by atoms with Crippen LogP contribution in [0.1, 0.15) is 10.4 Å². The molecule has 0 aliphatic carbocycles. The van der Waals surface area contributed by atoms with Crippen LogP contribution in [-0.4, -0.2) is 27.5 Å². The number of nitrogens with two attached hydrogens (primary N) is 1. The van der Waals surface area contributed by atoms with Crippen LogP contribution in [0.25, 0.3) is 0 Å². The van der Waals surface area contributed by atoms with Crippen molar-refractivity contribution in [1.29, 1.82) is 0 Å². The number of benzene rings is 1. The molecule has 1 aromatic carbocycles. The van der Waals surface area contributed by atoms with Gasteiger partial charge in [0.25, 0.3) is 5.91 Å². The fourth-order valence-electron chi connectivity index (χ4n) is 1.41. The number of anilines is 1. The van der Waals surface area contributed by atoms with E-state index >= 15 is 0 Å². The quantitative estimate of drug-likeness (QED) is 0.564. The number of carbonyl (C=O) groups is 2. The molecule has 8 heteroatoms. The van der Waals surface area contributed by atoms with Crippen LogP contribution < -0.4 is 16.6 Å². The molecule has 0 saturated carbocycles. The molecule has 7 nitrogen and oxygen atoms in total. The normalized spacial score (nSPS) is 9.90. The fourth-order valence-corrected chi connectivity index (χ4v) is 2.08. The van der Waals surface area contributed by atoms with Crippen LogP contribution in [-0.2, 0) is 4.79 Å². The van der Waals surface area contributed by atoms with Crippen molar-refractivity contribution in [2.24, 2.45) is 0 Å². The molecule has 0 unspecified atom stereocenters. The molecule has 1 heterocycles. The van der Waals surface area contributed by atoms with E-state index in [1.807, 2.05) is 0 Å². The van der Waals surface area contributed by atoms with Crippen LogP contribution in [0, 0.1) is 0 Å². The molecule has 0 spiro atoms. The first kappa shape index (κ1) is 14.8. The summed E-state index contributed by atoms with van der Waals surface area (Å²) in [4.78, 5) is 31.2. The van der Waals surface area contributed by atoms with Crippen LogP contribution in [0.15, 0.2) is 47.8 Å². The average molecular weight is 303 g/mol. The molecule has 2 aromatic rings. The van der Waals surface area contributed by atoms with Gasteiger partial charge in [0.15, 0.2) is 5.82 Å². The molecule has 1 aromatic heterocycles. The maximum Gasteiger partial charge on any atom is 0.269 e. The number of nitrogens with one attached hydrogen (secondary N) is 2. The highest BCUT2D eigenvalue weighted by atomic mass is 32.2. The summed E-state index contributed by atoms with van der Waals surface area (Å²) < 4.78 is 0. The smallest absolute Gasteiger partial charge is 0.269 e. The van der Waals surface area contributed by atoms with E-state index in [0.717, 1.165) is 11.8 Å². The highest BCUT2D eigenvalue weighted by Gasteiger charge is 2.09. The molecule has 0 atom stereocenters. The lowest BCUT2D eigenvalue weighted by atomic mass is 10.2. The Bertz CT molecular complexity index is 635. The van der Waals surface area contributed by atoms with E-state index in [-0.39, 0.29) is 23.4 Å². The molecular formula is C13H13N5O2S. The summed E-state index contributed by atoms with van der Waals surface area (Å²) >= 11 is 1.14. The highest BCUT2D eigenvalue weighted by Crippen LogP contribution is 2.18. The van der Waals surface area contributed by atoms with E-state index in [0.29, 0.717) is 10.6 Å². The maximum absolute atomic E-state index is 11.7. The van der Waals surface area contributed by atoms with E-state index in [9.17, 15) is 9.59 Å². The lowest BCUT2D eigenvalue weighted by molar-refractivity contribution is -0.119. The van der Waals surface area contributed by atoms with Crippen molar-refractivity contribution in [3.63, 3.8) is 0 Å². The monoisotopic (exact) mass is 303 g/mol. The van der Waals surface area contributed by atoms with Crippen molar-refractivity contribution in [3.05, 3.63) is 48.3 Å². The zero-order valence-electron chi connectivity index (χ0n) is 10.9. The first-order chi connectivity index (χ1) is 10.2. The Labute approximate surface area is 125 Å². The summed E-state index contributed by atoms with van der Waals surface area (Å²) in [6, 6.07) is 8.58. The second-order valence-corrected chi connectivity index (χ2v) is 4.87. The van der Waals surface area contributed by atoms with Crippen molar-refractivity contribution in [3.8, 4) is 0 Å². The van der Waals surface area contributed by atoms with Crippen molar-refractivity contribution < 1.29 is 9.59 Å². The molecule has 2 amide bonds. The number of thioether (sulfide) groups is 1. The Morgan fingerprint density at radius 1 is 1.10 bits per heavy atom. The summed E-state index contributed by atoms with van der Waals surface area (Å²) in [5.41, 5.74) is 10.7. The van der Waals surface area contributed by atoms with Gasteiger partial charge >= 0.3 is 0 Å². The number of nitrogen functional groups attached to an aromatic ring is 1. The number of hydrogen-bond donors (Lipinski definition) is 3. The number of amides is 2. The lowest BCUT2D eigenvalue weighted by Gasteiger charge is -2.07. The Hall–Kier alpha value is -2.61. The summed E-state index contributed by atoms with van der Waals surface area (Å²) in [7, 11) is 0. The molecule has 108 valence electrons. The standard InChI is InChI=1S/C13H13N5O2S/c14-11-13(16-7-6-15-11)21-8-10(19)17-18-12(20)9-4-2-1-3-5-9/h1-7H,8H2,(H2,14,15)(H,17,19)(H,18,20). The SMILES string of the molecule is Nc1nccnc1SCC(=O)NNC(=O)c1ccccc1. The molecule has 0 aliphatic rings. The van der Waals surface area contributed by atoms with E-state index < -0.39 is 0 Å². The first-order valence-electron chi connectivity index (χ1n) is 6.00. The van der Waals surface area contributed by atoms with E-state index in [4.69, 9.17) is 5.73 Å². The Morgan fingerprint density at radius 2 is 1.81 bits per heavy atom. The zero-order valence-corrected chi connectivity index (χ0v) is 11.8. The van der Waals surface area contributed by atoms with Gasteiger partial charge in [0.05, 0.1) is 5.75 Å².